The van der Waals surface area contributed by atoms with E-state index in [-0.39, 0.29) is 18.9 Å². The standard InChI is InChI=1S/C73H127NO13/c1-3-5-7-9-11-13-15-17-19-21-23-25-26-27-28-29-30-31-32-33-34-35-37-38-40-42-44-46-48-50-52-54-56-62(77)61(60-84-72-70(83)68(81)71(64(59-76)86-72)87-73-69(82)67(80)66(79)63(58-75)85-73)74-65(78)57-55-53-51-49-47-45-43-41-39-36-24-22-20-18-16-14-12-10-8-6-4-2/h6,8,12,14,18,20,24,36,41,43,46-49,54,56,61-64,66-73,75-77,79-83H,3-5,7,9-11,13,15-17,19,21-23,25-35,37-40,42,44-45,50-53,55,57-60H2,1-2H3,(H,74,78)/b8-6-,14-12-,20-18-,36-24-,43-41-,48-46+,49-47-,56-54+. The van der Waals surface area contributed by atoms with Crippen LogP contribution in [-0.4, -0.2) is 140 Å². The van der Waals surface area contributed by atoms with Gasteiger partial charge in [-0.2, -0.15) is 0 Å². The number of carbonyl (C=O) groups excluding carboxylic acids is 1. The third kappa shape index (κ3) is 41.1. The number of hydrogen-bond donors (Lipinski definition) is 9. The fourth-order valence-electron chi connectivity index (χ4n) is 11.0. The number of aliphatic hydroxyl groups excluding tert-OH is 8. The number of rotatable bonds is 56. The van der Waals surface area contributed by atoms with E-state index in [1.165, 1.54) is 167 Å². The van der Waals surface area contributed by atoms with Gasteiger partial charge in [0.2, 0.25) is 5.91 Å². The van der Waals surface area contributed by atoms with Crippen LogP contribution in [0.1, 0.15) is 264 Å². The van der Waals surface area contributed by atoms with Crippen molar-refractivity contribution in [3.8, 4) is 0 Å². The lowest BCUT2D eigenvalue weighted by molar-refractivity contribution is -0.359. The van der Waals surface area contributed by atoms with Crippen molar-refractivity contribution in [3.63, 3.8) is 0 Å². The Kier molecular flexibility index (Phi) is 52.3. The van der Waals surface area contributed by atoms with E-state index in [0.717, 1.165) is 64.2 Å². The quantitative estimate of drug-likeness (QED) is 0.0204. The average Bonchev–Trinajstić information content (AvgIpc) is 1.56. The topological polar surface area (TPSA) is 228 Å². The molecule has 502 valence electrons. The van der Waals surface area contributed by atoms with Crippen LogP contribution in [0.4, 0.5) is 0 Å². The van der Waals surface area contributed by atoms with Crippen molar-refractivity contribution in [1.82, 2.24) is 5.32 Å². The molecule has 0 saturated carbocycles. The minimum absolute atomic E-state index is 0.213. The third-order valence-corrected chi connectivity index (χ3v) is 16.5. The molecule has 14 nitrogen and oxygen atoms in total. The Morgan fingerprint density at radius 2 is 0.805 bits per heavy atom. The molecular weight excluding hydrogens is 1100 g/mol. The van der Waals surface area contributed by atoms with Crippen LogP contribution < -0.4 is 5.32 Å². The highest BCUT2D eigenvalue weighted by Crippen LogP contribution is 2.30. The van der Waals surface area contributed by atoms with E-state index in [4.69, 9.17) is 18.9 Å². The number of allylic oxidation sites excluding steroid dienone is 15. The van der Waals surface area contributed by atoms with Gasteiger partial charge < -0.3 is 65.1 Å². The second-order valence-corrected chi connectivity index (χ2v) is 24.3. The van der Waals surface area contributed by atoms with Crippen LogP contribution in [0.3, 0.4) is 0 Å². The van der Waals surface area contributed by atoms with Gasteiger partial charge in [-0.15, -0.1) is 0 Å². The molecule has 0 spiro atoms. The SMILES string of the molecule is CC/C=C\C/C=C\C/C=C\C/C=C\C/C=C\C/C=C\CCCCC(=O)NC(COC1OC(CO)C(OC2OC(CO)C(O)C(O)C2O)C(O)C1O)C(O)/C=C/CC/C=C/CCCCCCCCCCCCCCCCCCCCCCCCCCCC. The van der Waals surface area contributed by atoms with Gasteiger partial charge in [0.15, 0.2) is 12.6 Å². The number of nitrogens with one attached hydrogen (secondary N) is 1. The van der Waals surface area contributed by atoms with Crippen molar-refractivity contribution < 1.29 is 64.6 Å². The van der Waals surface area contributed by atoms with Gasteiger partial charge in [-0.3, -0.25) is 4.79 Å². The minimum atomic E-state index is -1.80. The first-order chi connectivity index (χ1) is 42.6. The van der Waals surface area contributed by atoms with Crippen molar-refractivity contribution in [3.05, 3.63) is 97.2 Å². The van der Waals surface area contributed by atoms with Crippen LogP contribution in [0.2, 0.25) is 0 Å². The molecule has 2 aliphatic heterocycles. The second kappa shape index (κ2) is 56.9. The first kappa shape index (κ1) is 80.0. The molecule has 0 bridgehead atoms. The molecule has 1 amide bonds. The third-order valence-electron chi connectivity index (χ3n) is 16.5. The van der Waals surface area contributed by atoms with Crippen LogP contribution in [0.5, 0.6) is 0 Å². The highest BCUT2D eigenvalue weighted by Gasteiger charge is 2.51. The molecule has 0 radical (unpaired) electrons. The molecule has 14 heteroatoms. The molecule has 2 rings (SSSR count). The van der Waals surface area contributed by atoms with E-state index in [2.05, 4.69) is 104 Å². The molecule has 0 aromatic carbocycles. The molecule has 2 aliphatic rings. The molecule has 12 unspecified atom stereocenters. The Balaban J connectivity index is 1.71. The van der Waals surface area contributed by atoms with Crippen LogP contribution in [0.25, 0.3) is 0 Å². The average molecular weight is 1230 g/mol. The summed E-state index contributed by atoms with van der Waals surface area (Å²) in [5.74, 6) is -0.292. The number of amides is 1. The summed E-state index contributed by atoms with van der Waals surface area (Å²) < 4.78 is 22.8. The second-order valence-electron chi connectivity index (χ2n) is 24.3. The van der Waals surface area contributed by atoms with E-state index >= 15 is 0 Å². The van der Waals surface area contributed by atoms with Gasteiger partial charge in [0.25, 0.3) is 0 Å². The van der Waals surface area contributed by atoms with Gasteiger partial charge in [-0.1, -0.05) is 272 Å². The summed E-state index contributed by atoms with van der Waals surface area (Å²) in [5, 5.41) is 87.3. The van der Waals surface area contributed by atoms with Crippen LogP contribution >= 0.6 is 0 Å². The lowest BCUT2D eigenvalue weighted by Gasteiger charge is -2.46. The van der Waals surface area contributed by atoms with Gasteiger partial charge in [0, 0.05) is 6.42 Å². The first-order valence-electron chi connectivity index (χ1n) is 35.0. The molecule has 0 aliphatic carbocycles. The Morgan fingerprint density at radius 1 is 0.425 bits per heavy atom. The van der Waals surface area contributed by atoms with Gasteiger partial charge in [0.1, 0.15) is 48.8 Å². The molecule has 2 heterocycles. The maximum Gasteiger partial charge on any atom is 0.220 e. The predicted octanol–water partition coefficient (Wildman–Crippen LogP) is 14.2. The summed E-state index contributed by atoms with van der Waals surface area (Å²) in [5.41, 5.74) is 0. The Labute approximate surface area is 528 Å². The van der Waals surface area contributed by atoms with Gasteiger partial charge >= 0.3 is 0 Å². The Morgan fingerprint density at radius 3 is 1.26 bits per heavy atom. The number of ether oxygens (including phenoxy) is 4. The fraction of sp³-hybridized carbons (Fsp3) is 0.767. The molecule has 0 aromatic rings. The van der Waals surface area contributed by atoms with E-state index in [1.807, 2.05) is 6.08 Å². The summed E-state index contributed by atoms with van der Waals surface area (Å²) >= 11 is 0. The number of aliphatic hydroxyl groups is 8. The van der Waals surface area contributed by atoms with Crippen molar-refractivity contribution in [2.24, 2.45) is 0 Å². The van der Waals surface area contributed by atoms with Crippen LogP contribution in [0, 0.1) is 0 Å². The monoisotopic (exact) mass is 1230 g/mol. The lowest BCUT2D eigenvalue weighted by atomic mass is 9.97. The molecule has 2 fully saturated rings. The van der Waals surface area contributed by atoms with Crippen LogP contribution in [0.15, 0.2) is 97.2 Å². The zero-order valence-corrected chi connectivity index (χ0v) is 54.5. The zero-order chi connectivity index (χ0) is 63.1. The molecule has 12 atom stereocenters. The Bertz CT molecular complexity index is 1830. The van der Waals surface area contributed by atoms with Crippen LogP contribution in [-0.2, 0) is 23.7 Å². The molecule has 87 heavy (non-hydrogen) atoms. The maximum atomic E-state index is 13.3. The molecule has 0 aromatic heterocycles. The first-order valence-corrected chi connectivity index (χ1v) is 35.0. The minimum Gasteiger partial charge on any atom is -0.394 e. The summed E-state index contributed by atoms with van der Waals surface area (Å²) in [7, 11) is 0. The number of carbonyl (C=O) groups is 1. The largest absolute Gasteiger partial charge is 0.394 e. The van der Waals surface area contributed by atoms with Crippen molar-refractivity contribution in [1.29, 1.82) is 0 Å². The highest BCUT2D eigenvalue weighted by atomic mass is 16.7. The molecular formula is C73H127NO13. The molecule has 2 saturated heterocycles. The molecule has 9 N–H and O–H groups in total. The van der Waals surface area contributed by atoms with E-state index in [9.17, 15) is 45.6 Å². The van der Waals surface area contributed by atoms with Crippen molar-refractivity contribution in [2.45, 2.75) is 338 Å². The smallest absolute Gasteiger partial charge is 0.220 e. The van der Waals surface area contributed by atoms with Crippen molar-refractivity contribution >= 4 is 5.91 Å². The summed E-state index contributed by atoms with van der Waals surface area (Å²) in [6.45, 7) is 2.65. The zero-order valence-electron chi connectivity index (χ0n) is 54.5. The number of unbranched alkanes of at least 4 members (excludes halogenated alkanes) is 29. The maximum absolute atomic E-state index is 13.3. The van der Waals surface area contributed by atoms with E-state index < -0.39 is 86.8 Å². The summed E-state index contributed by atoms with van der Waals surface area (Å²) in [6, 6.07) is -0.963. The fourth-order valence-corrected chi connectivity index (χ4v) is 11.0. The normalized spacial score (nSPS) is 23.9. The highest BCUT2D eigenvalue weighted by molar-refractivity contribution is 5.76. The van der Waals surface area contributed by atoms with E-state index in [0.29, 0.717) is 12.8 Å². The van der Waals surface area contributed by atoms with Gasteiger partial charge in [-0.25, -0.2) is 0 Å². The summed E-state index contributed by atoms with van der Waals surface area (Å²) in [6.07, 6.45) is 63.4. The van der Waals surface area contributed by atoms with Crippen molar-refractivity contribution in [2.75, 3.05) is 19.8 Å². The Hall–Kier alpha value is -3.09. The lowest BCUT2D eigenvalue weighted by Crippen LogP contribution is -2.65. The predicted molar refractivity (Wildman–Crippen MR) is 355 cm³/mol. The summed E-state index contributed by atoms with van der Waals surface area (Å²) in [4.78, 5) is 13.3. The van der Waals surface area contributed by atoms with Gasteiger partial charge in [-0.05, 0) is 83.5 Å². The van der Waals surface area contributed by atoms with E-state index in [1.54, 1.807) is 6.08 Å². The van der Waals surface area contributed by atoms with Gasteiger partial charge in [0.05, 0.1) is 32.0 Å². The number of hydrogen-bond acceptors (Lipinski definition) is 13.